The van der Waals surface area contributed by atoms with E-state index >= 15 is 0 Å². The van der Waals surface area contributed by atoms with Gasteiger partial charge in [0.2, 0.25) is 5.03 Å². The van der Waals surface area contributed by atoms with Gasteiger partial charge in [0.05, 0.1) is 15.7 Å². The lowest BCUT2D eigenvalue weighted by Crippen LogP contribution is -2.16. The van der Waals surface area contributed by atoms with Gasteiger partial charge in [0.1, 0.15) is 0 Å². The van der Waals surface area contributed by atoms with Gasteiger partial charge < -0.3 is 5.32 Å². The number of hydrogen-bond acceptors (Lipinski definition) is 5. The third-order valence-corrected chi connectivity index (χ3v) is 4.23. The van der Waals surface area contributed by atoms with Crippen molar-refractivity contribution < 1.29 is 9.13 Å². The van der Waals surface area contributed by atoms with Gasteiger partial charge in [0.15, 0.2) is 0 Å². The van der Waals surface area contributed by atoms with Crippen molar-refractivity contribution in [2.24, 2.45) is 5.92 Å². The summed E-state index contributed by atoms with van der Waals surface area (Å²) >= 11 is 0. The summed E-state index contributed by atoms with van der Waals surface area (Å²) in [6, 6.07) is 2.82. The Balaban J connectivity index is 0.00000162. The van der Waals surface area contributed by atoms with E-state index in [0.717, 1.165) is 19.5 Å². The lowest BCUT2D eigenvalue weighted by molar-refractivity contribution is -0.388. The third kappa shape index (κ3) is 3.47. The summed E-state index contributed by atoms with van der Waals surface area (Å²) in [5, 5.41) is 14.0. The molecule has 1 saturated heterocycles. The molecule has 0 aromatic carbocycles. The van der Waals surface area contributed by atoms with Crippen LogP contribution < -0.4 is 5.32 Å². The fraction of sp³-hybridized carbons (Fsp3) is 0.500. The molecule has 1 aliphatic rings. The molecule has 1 N–H and O–H groups in total. The van der Waals surface area contributed by atoms with Crippen molar-refractivity contribution in [3.8, 4) is 0 Å². The summed E-state index contributed by atoms with van der Waals surface area (Å²) in [6.07, 6.45) is 2.40. The van der Waals surface area contributed by atoms with E-state index in [4.69, 9.17) is 0 Å². The fourth-order valence-corrected chi connectivity index (χ4v) is 3.27. The normalized spacial score (nSPS) is 20.1. The molecule has 0 radical (unpaired) electrons. The number of halogens is 1. The highest BCUT2D eigenvalue weighted by molar-refractivity contribution is 7.85. The Morgan fingerprint density at radius 3 is 3.00 bits per heavy atom. The number of hydrogen-bond donors (Lipinski definition) is 1. The molecular formula is C10H14ClN3O3S. The molecule has 6 nitrogen and oxygen atoms in total. The zero-order valence-electron chi connectivity index (χ0n) is 9.57. The summed E-state index contributed by atoms with van der Waals surface area (Å²) in [6.45, 7) is 1.75. The summed E-state index contributed by atoms with van der Waals surface area (Å²) < 4.78 is 12.0. The minimum Gasteiger partial charge on any atom is -0.316 e. The molecule has 1 aromatic heterocycles. The van der Waals surface area contributed by atoms with Crippen molar-refractivity contribution in [1.29, 1.82) is 0 Å². The standard InChI is InChI=1S/C10H13N3O3S.ClH/c14-13(15)9-2-1-4-12-10(9)17(16)7-8-3-5-11-6-8;/h1-2,4,8,11H,3,5-7H2;1H. The number of nitrogens with zero attached hydrogens (tertiary/aromatic N) is 2. The molecule has 1 fully saturated rings. The van der Waals surface area contributed by atoms with E-state index < -0.39 is 15.7 Å². The van der Waals surface area contributed by atoms with Gasteiger partial charge in [0.25, 0.3) is 0 Å². The maximum atomic E-state index is 12.0. The first-order valence-corrected chi connectivity index (χ1v) is 6.69. The van der Waals surface area contributed by atoms with E-state index in [9.17, 15) is 14.3 Å². The summed E-state index contributed by atoms with van der Waals surface area (Å²) in [7, 11) is -1.40. The van der Waals surface area contributed by atoms with Crippen LogP contribution >= 0.6 is 12.4 Å². The summed E-state index contributed by atoms with van der Waals surface area (Å²) in [5.41, 5.74) is -0.156. The highest BCUT2D eigenvalue weighted by Gasteiger charge is 2.24. The topological polar surface area (TPSA) is 85.1 Å². The Morgan fingerprint density at radius 2 is 2.39 bits per heavy atom. The highest BCUT2D eigenvalue weighted by Crippen LogP contribution is 2.21. The van der Waals surface area contributed by atoms with Crippen LogP contribution in [0, 0.1) is 16.0 Å². The van der Waals surface area contributed by atoms with Crippen LogP contribution in [0.5, 0.6) is 0 Å². The first-order chi connectivity index (χ1) is 8.18. The minimum atomic E-state index is -1.40. The van der Waals surface area contributed by atoms with Crippen LogP contribution in [0.3, 0.4) is 0 Å². The lowest BCUT2D eigenvalue weighted by atomic mass is 10.2. The minimum absolute atomic E-state index is 0. The number of nitrogens with one attached hydrogen (secondary N) is 1. The molecule has 0 bridgehead atoms. The van der Waals surface area contributed by atoms with Crippen LogP contribution in [-0.2, 0) is 10.8 Å². The Kier molecular flexibility index (Phi) is 5.64. The average Bonchev–Trinajstić information content (AvgIpc) is 2.81. The van der Waals surface area contributed by atoms with E-state index in [1.165, 1.54) is 18.3 Å². The van der Waals surface area contributed by atoms with Crippen LogP contribution in [-0.4, -0.2) is 33.0 Å². The molecule has 2 atom stereocenters. The largest absolute Gasteiger partial charge is 0.316 e. The van der Waals surface area contributed by atoms with Gasteiger partial charge in [-0.15, -0.1) is 12.4 Å². The maximum Gasteiger partial charge on any atom is 0.303 e. The van der Waals surface area contributed by atoms with E-state index in [0.29, 0.717) is 11.7 Å². The molecular weight excluding hydrogens is 278 g/mol. The predicted octanol–water partition coefficient (Wildman–Crippen LogP) is 1.13. The van der Waals surface area contributed by atoms with Crippen molar-refractivity contribution in [3.05, 3.63) is 28.4 Å². The first-order valence-electron chi connectivity index (χ1n) is 5.37. The van der Waals surface area contributed by atoms with E-state index in [1.54, 1.807) is 0 Å². The van der Waals surface area contributed by atoms with Crippen molar-refractivity contribution in [2.45, 2.75) is 11.4 Å². The molecule has 18 heavy (non-hydrogen) atoms. The molecule has 2 unspecified atom stereocenters. The Hall–Kier alpha value is -1.05. The van der Waals surface area contributed by atoms with Crippen molar-refractivity contribution in [2.75, 3.05) is 18.8 Å². The SMILES string of the molecule is Cl.O=[N+]([O-])c1cccnc1S(=O)CC1CCNC1. The van der Waals surface area contributed by atoms with Gasteiger partial charge in [-0.3, -0.25) is 14.3 Å². The monoisotopic (exact) mass is 291 g/mol. The molecule has 2 heterocycles. The van der Waals surface area contributed by atoms with Crippen LogP contribution in [0.4, 0.5) is 5.69 Å². The van der Waals surface area contributed by atoms with Crippen LogP contribution in [0.2, 0.25) is 0 Å². The molecule has 8 heteroatoms. The van der Waals surface area contributed by atoms with Gasteiger partial charge >= 0.3 is 5.69 Å². The van der Waals surface area contributed by atoms with Crippen LogP contribution in [0.1, 0.15) is 6.42 Å². The maximum absolute atomic E-state index is 12.0. The van der Waals surface area contributed by atoms with Gasteiger partial charge in [-0.1, -0.05) is 0 Å². The average molecular weight is 292 g/mol. The Bertz CT molecular complexity index is 452. The Morgan fingerprint density at radius 1 is 1.61 bits per heavy atom. The molecule has 0 spiro atoms. The van der Waals surface area contributed by atoms with E-state index in [1.807, 2.05) is 0 Å². The zero-order chi connectivity index (χ0) is 12.3. The second-order valence-electron chi connectivity index (χ2n) is 3.96. The highest BCUT2D eigenvalue weighted by atomic mass is 35.5. The lowest BCUT2D eigenvalue weighted by Gasteiger charge is -2.07. The zero-order valence-corrected chi connectivity index (χ0v) is 11.2. The Labute approximate surface area is 113 Å². The number of pyridine rings is 1. The van der Waals surface area contributed by atoms with Gasteiger partial charge in [-0.05, 0) is 31.5 Å². The molecule has 0 saturated carbocycles. The number of nitro groups is 1. The summed E-state index contributed by atoms with van der Waals surface area (Å²) in [4.78, 5) is 14.1. The molecule has 1 aromatic rings. The van der Waals surface area contributed by atoms with Crippen LogP contribution in [0.25, 0.3) is 0 Å². The first kappa shape index (κ1) is 15.0. The second kappa shape index (κ2) is 6.77. The van der Waals surface area contributed by atoms with E-state index in [-0.39, 0.29) is 23.1 Å². The molecule has 2 rings (SSSR count). The molecule has 100 valence electrons. The van der Waals surface area contributed by atoms with Gasteiger partial charge in [0, 0.05) is 18.0 Å². The smallest absolute Gasteiger partial charge is 0.303 e. The fourth-order valence-electron chi connectivity index (χ4n) is 1.85. The van der Waals surface area contributed by atoms with Crippen LogP contribution in [0.15, 0.2) is 23.4 Å². The molecule has 1 aliphatic heterocycles. The van der Waals surface area contributed by atoms with Gasteiger partial charge in [-0.25, -0.2) is 4.98 Å². The second-order valence-corrected chi connectivity index (χ2v) is 5.37. The molecule has 0 aliphatic carbocycles. The number of rotatable bonds is 4. The molecule has 0 amide bonds. The van der Waals surface area contributed by atoms with Crippen molar-refractivity contribution in [3.63, 3.8) is 0 Å². The third-order valence-electron chi connectivity index (χ3n) is 2.71. The van der Waals surface area contributed by atoms with Crippen molar-refractivity contribution >= 4 is 28.9 Å². The van der Waals surface area contributed by atoms with E-state index in [2.05, 4.69) is 10.3 Å². The summed E-state index contributed by atoms with van der Waals surface area (Å²) in [5.74, 6) is 0.752. The predicted molar refractivity (Wildman–Crippen MR) is 70.4 cm³/mol. The van der Waals surface area contributed by atoms with Gasteiger partial charge in [-0.2, -0.15) is 0 Å². The number of aromatic nitrogens is 1. The van der Waals surface area contributed by atoms with Crippen molar-refractivity contribution in [1.82, 2.24) is 10.3 Å². The quantitative estimate of drug-likeness (QED) is 0.664.